The third-order valence-corrected chi connectivity index (χ3v) is 2.93. The molecule has 3 N–H and O–H groups in total. The molecule has 3 nitrogen and oxygen atoms in total. The molecular formula is C14H19FN2O. The van der Waals surface area contributed by atoms with E-state index in [2.05, 4.69) is 17.5 Å². The summed E-state index contributed by atoms with van der Waals surface area (Å²) in [4.78, 5) is 0. The Morgan fingerprint density at radius 3 is 2.78 bits per heavy atom. The van der Waals surface area contributed by atoms with Gasteiger partial charge in [-0.25, -0.2) is 4.39 Å². The smallest absolute Gasteiger partial charge is 0.167 e. The van der Waals surface area contributed by atoms with E-state index < -0.39 is 5.82 Å². The number of ether oxygens (including phenoxy) is 1. The van der Waals surface area contributed by atoms with Gasteiger partial charge in [0.15, 0.2) is 11.6 Å². The zero-order valence-electron chi connectivity index (χ0n) is 10.6. The maximum absolute atomic E-state index is 13.6. The first-order chi connectivity index (χ1) is 8.70. The molecule has 1 aromatic carbocycles. The summed E-state index contributed by atoms with van der Waals surface area (Å²) < 4.78 is 19.0. The highest BCUT2D eigenvalue weighted by Gasteiger charge is 2.14. The molecule has 0 amide bonds. The van der Waals surface area contributed by atoms with Gasteiger partial charge in [-0.3, -0.25) is 0 Å². The molecular weight excluding hydrogens is 231 g/mol. The van der Waals surface area contributed by atoms with Gasteiger partial charge in [0.2, 0.25) is 0 Å². The third-order valence-electron chi connectivity index (χ3n) is 2.93. The van der Waals surface area contributed by atoms with Crippen molar-refractivity contribution in [3.8, 4) is 5.75 Å². The van der Waals surface area contributed by atoms with Crippen molar-refractivity contribution in [1.82, 2.24) is 0 Å². The van der Waals surface area contributed by atoms with E-state index >= 15 is 0 Å². The summed E-state index contributed by atoms with van der Waals surface area (Å²) in [5.41, 5.74) is 6.98. The summed E-state index contributed by atoms with van der Waals surface area (Å²) in [5.74, 6) is -0.143. The molecule has 0 unspecified atom stereocenters. The Hall–Kier alpha value is -1.71. The monoisotopic (exact) mass is 250 g/mol. The van der Waals surface area contributed by atoms with Crippen molar-refractivity contribution in [3.05, 3.63) is 30.1 Å². The number of nitrogen functional groups attached to an aromatic ring is 1. The minimum Gasteiger partial charge on any atom is -0.490 e. The van der Waals surface area contributed by atoms with Crippen LogP contribution in [0.3, 0.4) is 0 Å². The Kier molecular flexibility index (Phi) is 4.07. The highest BCUT2D eigenvalue weighted by atomic mass is 19.1. The molecule has 4 heteroatoms. The molecule has 0 aliphatic heterocycles. The molecule has 18 heavy (non-hydrogen) atoms. The van der Waals surface area contributed by atoms with E-state index in [-0.39, 0.29) is 5.75 Å². The zero-order chi connectivity index (χ0) is 13.0. The van der Waals surface area contributed by atoms with Crippen LogP contribution in [0, 0.1) is 5.82 Å². The second-order valence-electron chi connectivity index (χ2n) is 4.50. The van der Waals surface area contributed by atoms with Crippen molar-refractivity contribution in [2.75, 3.05) is 17.7 Å². The molecule has 0 aromatic heterocycles. The lowest BCUT2D eigenvalue weighted by molar-refractivity contribution is 0.301. The lowest BCUT2D eigenvalue weighted by Gasteiger charge is -2.17. The van der Waals surface area contributed by atoms with Crippen LogP contribution >= 0.6 is 0 Å². The Bertz CT molecular complexity index is 438. The van der Waals surface area contributed by atoms with Crippen LogP contribution < -0.4 is 15.8 Å². The second-order valence-corrected chi connectivity index (χ2v) is 4.50. The van der Waals surface area contributed by atoms with Crippen LogP contribution in [0.2, 0.25) is 0 Å². The van der Waals surface area contributed by atoms with Gasteiger partial charge in [-0.1, -0.05) is 19.1 Å². The van der Waals surface area contributed by atoms with E-state index in [9.17, 15) is 4.39 Å². The van der Waals surface area contributed by atoms with Crippen LogP contribution in [0.5, 0.6) is 5.75 Å². The highest BCUT2D eigenvalue weighted by molar-refractivity contribution is 5.69. The fourth-order valence-corrected chi connectivity index (χ4v) is 1.97. The molecule has 0 radical (unpaired) electrons. The average Bonchev–Trinajstić information content (AvgIpc) is 2.84. The van der Waals surface area contributed by atoms with Gasteiger partial charge in [0.1, 0.15) is 0 Å². The van der Waals surface area contributed by atoms with Gasteiger partial charge in [-0.05, 0) is 19.3 Å². The number of nitrogens with two attached hydrogens (primary N) is 1. The zero-order valence-corrected chi connectivity index (χ0v) is 10.6. The van der Waals surface area contributed by atoms with Gasteiger partial charge in [0.05, 0.1) is 18.0 Å². The van der Waals surface area contributed by atoms with Gasteiger partial charge in [0, 0.05) is 18.2 Å². The molecule has 0 atom stereocenters. The van der Waals surface area contributed by atoms with Crippen molar-refractivity contribution in [2.24, 2.45) is 0 Å². The van der Waals surface area contributed by atoms with Crippen LogP contribution in [0.15, 0.2) is 24.3 Å². The topological polar surface area (TPSA) is 47.3 Å². The van der Waals surface area contributed by atoms with E-state index in [0.717, 1.165) is 24.9 Å². The Morgan fingerprint density at radius 2 is 2.11 bits per heavy atom. The largest absolute Gasteiger partial charge is 0.490 e. The molecule has 1 aromatic rings. The van der Waals surface area contributed by atoms with Crippen LogP contribution in [0.1, 0.15) is 26.2 Å². The quantitative estimate of drug-likeness (QED) is 0.622. The minimum atomic E-state index is -0.406. The fourth-order valence-electron chi connectivity index (χ4n) is 1.97. The van der Waals surface area contributed by atoms with Crippen molar-refractivity contribution < 1.29 is 9.13 Å². The van der Waals surface area contributed by atoms with Crippen LogP contribution in [-0.2, 0) is 0 Å². The first kappa shape index (κ1) is 12.7. The number of nitrogens with one attached hydrogen (secondary N) is 1. The molecule has 98 valence electrons. The number of hydrogen-bond donors (Lipinski definition) is 2. The van der Waals surface area contributed by atoms with E-state index in [0.29, 0.717) is 18.3 Å². The van der Waals surface area contributed by atoms with Crippen molar-refractivity contribution in [3.63, 3.8) is 0 Å². The molecule has 0 saturated heterocycles. The van der Waals surface area contributed by atoms with Gasteiger partial charge >= 0.3 is 0 Å². The standard InChI is InChI=1S/C14H19FN2O/c1-2-7-18-14-9-13(12(16)8-11(14)15)17-10-5-3-4-6-10/h3-4,8-10,17H,2,5-7,16H2,1H3. The molecule has 2 rings (SSSR count). The van der Waals surface area contributed by atoms with Crippen LogP contribution in [0.25, 0.3) is 0 Å². The molecule has 0 heterocycles. The average molecular weight is 250 g/mol. The summed E-state index contributed by atoms with van der Waals surface area (Å²) in [6.45, 7) is 2.49. The Balaban J connectivity index is 2.12. The summed E-state index contributed by atoms with van der Waals surface area (Å²) in [6, 6.07) is 3.31. The predicted octanol–water partition coefficient (Wildman–Crippen LogP) is 3.33. The third kappa shape index (κ3) is 2.94. The molecule has 0 saturated carbocycles. The molecule has 0 spiro atoms. The molecule has 1 aliphatic carbocycles. The Labute approximate surface area is 107 Å². The summed E-state index contributed by atoms with van der Waals surface area (Å²) in [6.07, 6.45) is 7.06. The lowest BCUT2D eigenvalue weighted by atomic mass is 10.2. The van der Waals surface area contributed by atoms with E-state index in [4.69, 9.17) is 10.5 Å². The molecule has 0 bridgehead atoms. The lowest BCUT2D eigenvalue weighted by Crippen LogP contribution is -2.16. The highest BCUT2D eigenvalue weighted by Crippen LogP contribution is 2.30. The van der Waals surface area contributed by atoms with Crippen LogP contribution in [0.4, 0.5) is 15.8 Å². The summed E-state index contributed by atoms with van der Waals surface area (Å²) in [5, 5.41) is 3.32. The predicted molar refractivity (Wildman–Crippen MR) is 72.4 cm³/mol. The molecule has 1 aliphatic rings. The van der Waals surface area contributed by atoms with Gasteiger partial charge in [-0.2, -0.15) is 0 Å². The van der Waals surface area contributed by atoms with Gasteiger partial charge in [-0.15, -0.1) is 0 Å². The van der Waals surface area contributed by atoms with E-state index in [1.165, 1.54) is 6.07 Å². The van der Waals surface area contributed by atoms with E-state index in [1.807, 2.05) is 6.92 Å². The van der Waals surface area contributed by atoms with Gasteiger partial charge < -0.3 is 15.8 Å². The number of hydrogen-bond acceptors (Lipinski definition) is 3. The second kappa shape index (κ2) is 5.76. The number of halogens is 1. The first-order valence-electron chi connectivity index (χ1n) is 6.34. The first-order valence-corrected chi connectivity index (χ1v) is 6.34. The fraction of sp³-hybridized carbons (Fsp3) is 0.429. The van der Waals surface area contributed by atoms with Gasteiger partial charge in [0.25, 0.3) is 0 Å². The minimum absolute atomic E-state index is 0.263. The number of rotatable bonds is 5. The van der Waals surface area contributed by atoms with Crippen LogP contribution in [-0.4, -0.2) is 12.6 Å². The summed E-state index contributed by atoms with van der Waals surface area (Å²) >= 11 is 0. The Morgan fingerprint density at radius 1 is 1.39 bits per heavy atom. The van der Waals surface area contributed by atoms with Crippen molar-refractivity contribution in [1.29, 1.82) is 0 Å². The van der Waals surface area contributed by atoms with E-state index in [1.54, 1.807) is 6.07 Å². The SMILES string of the molecule is CCCOc1cc(NC2CC=CC2)c(N)cc1F. The van der Waals surface area contributed by atoms with Crippen molar-refractivity contribution in [2.45, 2.75) is 32.2 Å². The number of benzene rings is 1. The summed E-state index contributed by atoms with van der Waals surface area (Å²) in [7, 11) is 0. The maximum Gasteiger partial charge on any atom is 0.167 e. The maximum atomic E-state index is 13.6. The number of anilines is 2. The van der Waals surface area contributed by atoms with Crippen molar-refractivity contribution >= 4 is 11.4 Å². The normalized spacial score (nSPS) is 15.0. The molecule has 0 fully saturated rings.